The van der Waals surface area contributed by atoms with Gasteiger partial charge in [-0.3, -0.25) is 4.98 Å². The van der Waals surface area contributed by atoms with Crippen molar-refractivity contribution in [2.75, 3.05) is 13.6 Å². The van der Waals surface area contributed by atoms with Crippen molar-refractivity contribution in [3.63, 3.8) is 0 Å². The zero-order chi connectivity index (χ0) is 15.2. The van der Waals surface area contributed by atoms with E-state index >= 15 is 0 Å². The van der Waals surface area contributed by atoms with Gasteiger partial charge in [-0.1, -0.05) is 12.1 Å². The lowest BCUT2D eigenvalue weighted by molar-refractivity contribution is 0.0694. The van der Waals surface area contributed by atoms with Crippen molar-refractivity contribution in [3.8, 4) is 0 Å². The molecule has 0 aliphatic rings. The molecule has 0 aliphatic carbocycles. The standard InChI is InChI=1S/C16H17FN2O2/c1-19(10-8-12-4-6-13(17)7-5-12)11-15-14(16(20)21)3-2-9-18-15/h2-7,9H,8,10-11H2,1H3,(H,20,21). The van der Waals surface area contributed by atoms with Gasteiger partial charge in [0, 0.05) is 19.3 Å². The number of hydrogen-bond acceptors (Lipinski definition) is 3. The molecule has 0 bridgehead atoms. The summed E-state index contributed by atoms with van der Waals surface area (Å²) in [5.41, 5.74) is 1.82. The predicted molar refractivity (Wildman–Crippen MR) is 77.6 cm³/mol. The van der Waals surface area contributed by atoms with Gasteiger partial charge in [0.25, 0.3) is 0 Å². The Kier molecular flexibility index (Phi) is 5.00. The van der Waals surface area contributed by atoms with Crippen LogP contribution in [-0.4, -0.2) is 34.6 Å². The van der Waals surface area contributed by atoms with E-state index in [2.05, 4.69) is 4.98 Å². The molecule has 0 amide bonds. The maximum absolute atomic E-state index is 12.8. The molecule has 0 spiro atoms. The summed E-state index contributed by atoms with van der Waals surface area (Å²) >= 11 is 0. The number of likely N-dealkylation sites (N-methyl/N-ethyl adjacent to an activating group) is 1. The number of aromatic carboxylic acids is 1. The van der Waals surface area contributed by atoms with Crippen LogP contribution in [0.2, 0.25) is 0 Å². The summed E-state index contributed by atoms with van der Waals surface area (Å²) in [6.07, 6.45) is 2.36. The number of pyridine rings is 1. The molecule has 0 radical (unpaired) electrons. The highest BCUT2D eigenvalue weighted by Crippen LogP contribution is 2.09. The average Bonchev–Trinajstić information content (AvgIpc) is 2.47. The lowest BCUT2D eigenvalue weighted by Crippen LogP contribution is -2.22. The van der Waals surface area contributed by atoms with Crippen LogP contribution in [0, 0.1) is 5.82 Å². The summed E-state index contributed by atoms with van der Waals surface area (Å²) in [7, 11) is 1.91. The predicted octanol–water partition coefficient (Wildman–Crippen LogP) is 2.59. The number of hydrogen-bond donors (Lipinski definition) is 1. The van der Waals surface area contributed by atoms with Gasteiger partial charge in [-0.05, 0) is 43.3 Å². The monoisotopic (exact) mass is 288 g/mol. The maximum atomic E-state index is 12.8. The molecular weight excluding hydrogens is 271 g/mol. The molecule has 0 unspecified atom stereocenters. The summed E-state index contributed by atoms with van der Waals surface area (Å²) in [6, 6.07) is 9.57. The highest BCUT2D eigenvalue weighted by Gasteiger charge is 2.12. The molecule has 21 heavy (non-hydrogen) atoms. The minimum absolute atomic E-state index is 0.228. The van der Waals surface area contributed by atoms with Crippen molar-refractivity contribution >= 4 is 5.97 Å². The largest absolute Gasteiger partial charge is 0.478 e. The third kappa shape index (κ3) is 4.36. The van der Waals surface area contributed by atoms with Crippen LogP contribution in [0.5, 0.6) is 0 Å². The highest BCUT2D eigenvalue weighted by atomic mass is 19.1. The smallest absolute Gasteiger partial charge is 0.337 e. The molecule has 110 valence electrons. The lowest BCUT2D eigenvalue weighted by atomic mass is 10.1. The SMILES string of the molecule is CN(CCc1ccc(F)cc1)Cc1ncccc1C(=O)O. The molecule has 1 heterocycles. The van der Waals surface area contributed by atoms with Gasteiger partial charge >= 0.3 is 5.97 Å². The van der Waals surface area contributed by atoms with Crippen molar-refractivity contribution in [1.29, 1.82) is 0 Å². The fraction of sp³-hybridized carbons (Fsp3) is 0.250. The second kappa shape index (κ2) is 6.95. The van der Waals surface area contributed by atoms with Gasteiger partial charge in [0.2, 0.25) is 0 Å². The zero-order valence-corrected chi connectivity index (χ0v) is 11.8. The Balaban J connectivity index is 1.94. The Hall–Kier alpha value is -2.27. The van der Waals surface area contributed by atoms with Gasteiger partial charge in [-0.2, -0.15) is 0 Å². The van der Waals surface area contributed by atoms with Crippen molar-refractivity contribution in [3.05, 3.63) is 65.2 Å². The molecule has 0 saturated heterocycles. The first-order valence-electron chi connectivity index (χ1n) is 6.66. The fourth-order valence-corrected chi connectivity index (χ4v) is 2.06. The van der Waals surface area contributed by atoms with Gasteiger partial charge < -0.3 is 10.0 Å². The first-order valence-corrected chi connectivity index (χ1v) is 6.66. The Bertz CT molecular complexity index is 614. The van der Waals surface area contributed by atoms with E-state index < -0.39 is 5.97 Å². The van der Waals surface area contributed by atoms with E-state index in [9.17, 15) is 9.18 Å². The quantitative estimate of drug-likeness (QED) is 0.887. The molecule has 0 atom stereocenters. The van der Waals surface area contributed by atoms with Gasteiger partial charge in [-0.15, -0.1) is 0 Å². The average molecular weight is 288 g/mol. The van der Waals surface area contributed by atoms with Crippen LogP contribution in [0.25, 0.3) is 0 Å². The number of carboxylic acid groups (broad SMARTS) is 1. The van der Waals surface area contributed by atoms with E-state index in [1.807, 2.05) is 11.9 Å². The molecule has 0 fully saturated rings. The van der Waals surface area contributed by atoms with Crippen LogP contribution < -0.4 is 0 Å². The van der Waals surface area contributed by atoms with Gasteiger partial charge in [0.15, 0.2) is 0 Å². The number of aromatic nitrogens is 1. The number of nitrogens with zero attached hydrogens (tertiary/aromatic N) is 2. The molecular formula is C16H17FN2O2. The van der Waals surface area contributed by atoms with Crippen LogP contribution in [0.15, 0.2) is 42.6 Å². The minimum atomic E-state index is -0.968. The second-order valence-electron chi connectivity index (χ2n) is 4.92. The number of rotatable bonds is 6. The number of carboxylic acids is 1. The summed E-state index contributed by atoms with van der Waals surface area (Å²) < 4.78 is 12.8. The lowest BCUT2D eigenvalue weighted by Gasteiger charge is -2.17. The van der Waals surface area contributed by atoms with E-state index in [0.717, 1.165) is 18.5 Å². The zero-order valence-electron chi connectivity index (χ0n) is 11.8. The van der Waals surface area contributed by atoms with E-state index in [1.165, 1.54) is 12.1 Å². The van der Waals surface area contributed by atoms with Gasteiger partial charge in [0.05, 0.1) is 11.3 Å². The van der Waals surface area contributed by atoms with Crippen LogP contribution >= 0.6 is 0 Å². The Morgan fingerprint density at radius 2 is 2.00 bits per heavy atom. The maximum Gasteiger partial charge on any atom is 0.337 e. The number of carbonyl (C=O) groups is 1. The van der Waals surface area contributed by atoms with Crippen molar-refractivity contribution in [2.45, 2.75) is 13.0 Å². The molecule has 1 aromatic carbocycles. The Labute approximate surface area is 122 Å². The molecule has 0 aliphatic heterocycles. The van der Waals surface area contributed by atoms with Crippen LogP contribution in [0.1, 0.15) is 21.6 Å². The third-order valence-electron chi connectivity index (χ3n) is 3.24. The van der Waals surface area contributed by atoms with Crippen LogP contribution in [0.4, 0.5) is 4.39 Å². The normalized spacial score (nSPS) is 10.8. The van der Waals surface area contributed by atoms with Crippen LogP contribution in [0.3, 0.4) is 0 Å². The van der Waals surface area contributed by atoms with E-state index in [1.54, 1.807) is 30.5 Å². The first-order chi connectivity index (χ1) is 10.1. The summed E-state index contributed by atoms with van der Waals surface area (Å²) in [5, 5.41) is 9.12. The van der Waals surface area contributed by atoms with E-state index in [-0.39, 0.29) is 11.4 Å². The topological polar surface area (TPSA) is 53.4 Å². The number of benzene rings is 1. The Morgan fingerprint density at radius 1 is 1.29 bits per heavy atom. The van der Waals surface area contributed by atoms with Crippen molar-refractivity contribution < 1.29 is 14.3 Å². The van der Waals surface area contributed by atoms with E-state index in [4.69, 9.17) is 5.11 Å². The van der Waals surface area contributed by atoms with E-state index in [0.29, 0.717) is 12.2 Å². The summed E-state index contributed by atoms with van der Waals surface area (Å²) in [5.74, 6) is -1.21. The van der Waals surface area contributed by atoms with Gasteiger partial charge in [-0.25, -0.2) is 9.18 Å². The molecule has 2 rings (SSSR count). The van der Waals surface area contributed by atoms with Crippen molar-refractivity contribution in [1.82, 2.24) is 9.88 Å². The second-order valence-corrected chi connectivity index (χ2v) is 4.92. The Morgan fingerprint density at radius 3 is 2.67 bits per heavy atom. The minimum Gasteiger partial charge on any atom is -0.478 e. The molecule has 0 saturated carbocycles. The summed E-state index contributed by atoms with van der Waals surface area (Å²) in [6.45, 7) is 1.20. The van der Waals surface area contributed by atoms with Gasteiger partial charge in [0.1, 0.15) is 5.82 Å². The highest BCUT2D eigenvalue weighted by molar-refractivity contribution is 5.88. The fourth-order valence-electron chi connectivity index (χ4n) is 2.06. The third-order valence-corrected chi connectivity index (χ3v) is 3.24. The molecule has 4 nitrogen and oxygen atoms in total. The molecule has 1 aromatic heterocycles. The van der Waals surface area contributed by atoms with Crippen molar-refractivity contribution in [2.24, 2.45) is 0 Å². The molecule has 2 aromatic rings. The van der Waals surface area contributed by atoms with Crippen LogP contribution in [-0.2, 0) is 13.0 Å². The first kappa shape index (κ1) is 15.1. The molecule has 5 heteroatoms. The summed E-state index contributed by atoms with van der Waals surface area (Å²) in [4.78, 5) is 17.3. The molecule has 1 N–H and O–H groups in total. The number of halogens is 1.